The third-order valence-corrected chi connectivity index (χ3v) is 4.41. The number of carboxylic acid groups (broad SMARTS) is 1. The largest absolute Gasteiger partial charge is 0.493 e. The van der Waals surface area contributed by atoms with Gasteiger partial charge in [0.15, 0.2) is 11.5 Å². The first-order chi connectivity index (χ1) is 12.2. The minimum atomic E-state index is -4.23. The molecule has 0 saturated heterocycles. The van der Waals surface area contributed by atoms with Gasteiger partial charge in [-0.3, -0.25) is 10.1 Å². The number of aromatic carboxylic acids is 1. The number of nitrogens with zero attached hydrogens (tertiary/aromatic N) is 1. The molecule has 136 valence electrons. The van der Waals surface area contributed by atoms with Crippen LogP contribution < -0.4 is 8.92 Å². The van der Waals surface area contributed by atoms with E-state index in [-0.39, 0.29) is 22.0 Å². The Morgan fingerprint density at radius 3 is 2.35 bits per heavy atom. The summed E-state index contributed by atoms with van der Waals surface area (Å²) in [4.78, 5) is 20.3. The Morgan fingerprint density at radius 2 is 1.81 bits per heavy atom. The lowest BCUT2D eigenvalue weighted by Gasteiger charge is -2.11. The number of hydrogen-bond acceptors (Lipinski definition) is 7. The Labute approximate surface area is 148 Å². The molecule has 1 N–H and O–H groups in total. The van der Waals surface area contributed by atoms with Crippen LogP contribution in [0.25, 0.3) is 6.08 Å². The summed E-state index contributed by atoms with van der Waals surface area (Å²) in [5, 5.41) is 19.2. The third kappa shape index (κ3) is 4.57. The normalized spacial score (nSPS) is 11.3. The van der Waals surface area contributed by atoms with E-state index in [2.05, 4.69) is 0 Å². The molecule has 2 aromatic carbocycles. The highest BCUT2D eigenvalue weighted by Crippen LogP contribution is 2.31. The first-order valence-electron chi connectivity index (χ1n) is 7.00. The van der Waals surface area contributed by atoms with Crippen LogP contribution in [0, 0.1) is 10.1 Å². The van der Waals surface area contributed by atoms with Crippen molar-refractivity contribution >= 4 is 22.2 Å². The molecule has 2 rings (SSSR count). The van der Waals surface area contributed by atoms with E-state index in [1.807, 2.05) is 0 Å². The van der Waals surface area contributed by atoms with Gasteiger partial charge in [-0.05, 0) is 42.0 Å². The lowest BCUT2D eigenvalue weighted by Crippen LogP contribution is -2.11. The highest BCUT2D eigenvalue weighted by molar-refractivity contribution is 7.87. The zero-order valence-corrected chi connectivity index (χ0v) is 14.2. The van der Waals surface area contributed by atoms with Gasteiger partial charge in [0, 0.05) is 6.08 Å². The van der Waals surface area contributed by atoms with Crippen LogP contribution >= 0.6 is 0 Å². The van der Waals surface area contributed by atoms with E-state index in [4.69, 9.17) is 14.0 Å². The number of rotatable bonds is 7. The van der Waals surface area contributed by atoms with Gasteiger partial charge in [-0.2, -0.15) is 8.42 Å². The molecule has 0 aromatic heterocycles. The molecule has 2 aromatic rings. The second-order valence-corrected chi connectivity index (χ2v) is 6.42. The summed E-state index contributed by atoms with van der Waals surface area (Å²) in [5.74, 6) is -1.25. The molecule has 0 spiro atoms. The van der Waals surface area contributed by atoms with E-state index in [0.29, 0.717) is 5.56 Å². The summed E-state index contributed by atoms with van der Waals surface area (Å²) in [7, 11) is -2.94. The van der Waals surface area contributed by atoms with Crippen LogP contribution in [0.1, 0.15) is 15.9 Å². The number of benzene rings is 2. The van der Waals surface area contributed by atoms with Crippen LogP contribution in [0.2, 0.25) is 0 Å². The van der Waals surface area contributed by atoms with Crippen molar-refractivity contribution in [2.45, 2.75) is 4.90 Å². The van der Waals surface area contributed by atoms with Crippen molar-refractivity contribution in [2.75, 3.05) is 7.11 Å². The molecule has 0 atom stereocenters. The molecule has 0 bridgehead atoms. The van der Waals surface area contributed by atoms with Gasteiger partial charge in [0.05, 0.1) is 17.6 Å². The second kappa shape index (κ2) is 7.66. The number of carboxylic acids is 1. The molecule has 0 saturated carbocycles. The fourth-order valence-electron chi connectivity index (χ4n) is 1.93. The molecule has 0 fully saturated rings. The number of nitro groups is 1. The molecular formula is C16H13NO8S. The van der Waals surface area contributed by atoms with Crippen LogP contribution in [0.4, 0.5) is 0 Å². The smallest absolute Gasteiger partial charge is 0.339 e. The van der Waals surface area contributed by atoms with Crippen molar-refractivity contribution in [3.8, 4) is 11.5 Å². The summed E-state index contributed by atoms with van der Waals surface area (Å²) in [6, 6.07) is 8.59. The van der Waals surface area contributed by atoms with Gasteiger partial charge in [-0.1, -0.05) is 6.07 Å². The number of ether oxygens (including phenoxy) is 1. The maximum Gasteiger partial charge on any atom is 0.339 e. The van der Waals surface area contributed by atoms with E-state index in [9.17, 15) is 23.3 Å². The number of carbonyl (C=O) groups is 1. The molecule has 10 heteroatoms. The molecule has 0 aliphatic carbocycles. The van der Waals surface area contributed by atoms with Gasteiger partial charge in [0.25, 0.3) is 0 Å². The van der Waals surface area contributed by atoms with E-state index >= 15 is 0 Å². The second-order valence-electron chi connectivity index (χ2n) is 4.88. The van der Waals surface area contributed by atoms with Crippen LogP contribution in [-0.4, -0.2) is 31.5 Å². The lowest BCUT2D eigenvalue weighted by molar-refractivity contribution is -0.400. The molecule has 0 aliphatic rings. The van der Waals surface area contributed by atoms with E-state index in [1.54, 1.807) is 0 Å². The van der Waals surface area contributed by atoms with Crippen LogP contribution in [0.3, 0.4) is 0 Å². The maximum absolute atomic E-state index is 12.3. The fourth-order valence-corrected chi connectivity index (χ4v) is 2.87. The Morgan fingerprint density at radius 1 is 1.15 bits per heavy atom. The summed E-state index contributed by atoms with van der Waals surface area (Å²) in [5.41, 5.74) is 0.345. The Kier molecular flexibility index (Phi) is 5.58. The van der Waals surface area contributed by atoms with Crippen molar-refractivity contribution < 1.29 is 32.2 Å². The first-order valence-corrected chi connectivity index (χ1v) is 8.41. The van der Waals surface area contributed by atoms with Crippen molar-refractivity contribution in [1.29, 1.82) is 0 Å². The summed E-state index contributed by atoms with van der Waals surface area (Å²) < 4.78 is 34.7. The van der Waals surface area contributed by atoms with Crippen LogP contribution in [-0.2, 0) is 10.1 Å². The van der Waals surface area contributed by atoms with Crippen molar-refractivity contribution in [3.05, 3.63) is 69.9 Å². The zero-order chi connectivity index (χ0) is 19.3. The van der Waals surface area contributed by atoms with Crippen LogP contribution in [0.5, 0.6) is 11.5 Å². The highest BCUT2D eigenvalue weighted by Gasteiger charge is 2.20. The molecule has 0 unspecified atom stereocenters. The number of methoxy groups -OCH3 is 1. The predicted octanol–water partition coefficient (Wildman–Crippen LogP) is 2.41. The topological polar surface area (TPSA) is 133 Å². The molecular weight excluding hydrogens is 366 g/mol. The molecule has 0 heterocycles. The van der Waals surface area contributed by atoms with Gasteiger partial charge < -0.3 is 14.0 Å². The Bertz CT molecular complexity index is 964. The van der Waals surface area contributed by atoms with Crippen LogP contribution in [0.15, 0.2) is 53.6 Å². The van der Waals surface area contributed by atoms with Gasteiger partial charge in [0.2, 0.25) is 6.20 Å². The first kappa shape index (κ1) is 18.9. The zero-order valence-electron chi connectivity index (χ0n) is 13.4. The average Bonchev–Trinajstić information content (AvgIpc) is 2.60. The highest BCUT2D eigenvalue weighted by atomic mass is 32.2. The molecule has 9 nitrogen and oxygen atoms in total. The average molecular weight is 379 g/mol. The third-order valence-electron chi connectivity index (χ3n) is 3.17. The summed E-state index contributed by atoms with van der Waals surface area (Å²) in [6.45, 7) is 0. The maximum atomic E-state index is 12.3. The van der Waals surface area contributed by atoms with Crippen molar-refractivity contribution in [3.63, 3.8) is 0 Å². The SMILES string of the molecule is COc1cc(/C=C/[N+](=O)[O-])ccc1OS(=O)(=O)c1ccc(C(=O)O)cc1. The summed E-state index contributed by atoms with van der Waals surface area (Å²) in [6.07, 6.45) is 1.95. The minimum Gasteiger partial charge on any atom is -0.493 e. The van der Waals surface area contributed by atoms with Gasteiger partial charge >= 0.3 is 16.1 Å². The molecule has 0 amide bonds. The minimum absolute atomic E-state index is 0.0567. The molecule has 0 aliphatic heterocycles. The van der Waals surface area contributed by atoms with E-state index in [1.165, 1.54) is 31.4 Å². The Balaban J connectivity index is 2.30. The van der Waals surface area contributed by atoms with Crippen molar-refractivity contribution in [2.24, 2.45) is 0 Å². The molecule has 26 heavy (non-hydrogen) atoms. The standard InChI is InChI=1S/C16H13NO8S/c1-24-15-10-11(8-9-17(20)21)2-7-14(15)25-26(22,23)13-5-3-12(4-6-13)16(18)19/h2-10H,1H3,(H,18,19)/b9-8+. The monoisotopic (exact) mass is 379 g/mol. The predicted molar refractivity (Wildman–Crippen MR) is 90.2 cm³/mol. The Hall–Kier alpha value is -3.40. The van der Waals surface area contributed by atoms with Crippen molar-refractivity contribution in [1.82, 2.24) is 0 Å². The van der Waals surface area contributed by atoms with Gasteiger partial charge in [-0.25, -0.2) is 4.79 Å². The fraction of sp³-hybridized carbons (Fsp3) is 0.0625. The van der Waals surface area contributed by atoms with Gasteiger partial charge in [0.1, 0.15) is 4.90 Å². The summed E-state index contributed by atoms with van der Waals surface area (Å²) >= 11 is 0. The van der Waals surface area contributed by atoms with E-state index in [0.717, 1.165) is 30.5 Å². The number of hydrogen-bond donors (Lipinski definition) is 1. The quantitative estimate of drug-likeness (QED) is 0.440. The van der Waals surface area contributed by atoms with Gasteiger partial charge in [-0.15, -0.1) is 0 Å². The van der Waals surface area contributed by atoms with E-state index < -0.39 is 21.0 Å². The lowest BCUT2D eigenvalue weighted by atomic mass is 10.2. The molecule has 0 radical (unpaired) electrons.